The molecule has 116 valence electrons. The number of halogens is 1. The van der Waals surface area contributed by atoms with Gasteiger partial charge in [0.15, 0.2) is 0 Å². The fourth-order valence-corrected chi connectivity index (χ4v) is 2.26. The normalized spacial score (nSPS) is 10.1. The largest absolute Gasteiger partial charge is 0.491 e. The molecule has 22 heavy (non-hydrogen) atoms. The molecule has 0 fully saturated rings. The zero-order valence-corrected chi connectivity index (χ0v) is 13.4. The standard InChI is InChI=1S/C17H19ClN2O2/c1-12-6-5-7-13(2)16(12)22-11-10-19-17(21)20-15-9-4-3-8-14(15)18/h3-9H,10-11H2,1-2H3,(H2,19,20,21). The highest BCUT2D eigenvalue weighted by molar-refractivity contribution is 6.33. The molecule has 0 aromatic heterocycles. The Labute approximate surface area is 135 Å². The molecule has 0 heterocycles. The number of nitrogens with one attached hydrogen (secondary N) is 2. The molecule has 0 spiro atoms. The molecule has 0 bridgehead atoms. The Hall–Kier alpha value is -2.20. The van der Waals surface area contributed by atoms with E-state index in [4.69, 9.17) is 16.3 Å². The van der Waals surface area contributed by atoms with Gasteiger partial charge in [-0.1, -0.05) is 41.9 Å². The number of anilines is 1. The average molecular weight is 319 g/mol. The number of hydrogen-bond acceptors (Lipinski definition) is 2. The Kier molecular flexibility index (Phi) is 5.67. The summed E-state index contributed by atoms with van der Waals surface area (Å²) in [6.07, 6.45) is 0. The van der Waals surface area contributed by atoms with Crippen molar-refractivity contribution < 1.29 is 9.53 Å². The van der Waals surface area contributed by atoms with Gasteiger partial charge in [-0.25, -0.2) is 4.79 Å². The molecular weight excluding hydrogens is 300 g/mol. The maximum Gasteiger partial charge on any atom is 0.319 e. The molecule has 0 aliphatic heterocycles. The lowest BCUT2D eigenvalue weighted by molar-refractivity contribution is 0.247. The number of carbonyl (C=O) groups is 1. The third kappa shape index (κ3) is 4.40. The summed E-state index contributed by atoms with van der Waals surface area (Å²) in [6, 6.07) is 12.8. The molecule has 2 rings (SSSR count). The minimum Gasteiger partial charge on any atom is -0.491 e. The van der Waals surface area contributed by atoms with Crippen molar-refractivity contribution in [1.82, 2.24) is 5.32 Å². The smallest absolute Gasteiger partial charge is 0.319 e. The highest BCUT2D eigenvalue weighted by Gasteiger charge is 2.05. The van der Waals surface area contributed by atoms with Crippen molar-refractivity contribution in [3.05, 3.63) is 58.6 Å². The number of urea groups is 1. The van der Waals surface area contributed by atoms with Gasteiger partial charge in [-0.15, -0.1) is 0 Å². The summed E-state index contributed by atoms with van der Waals surface area (Å²) in [7, 11) is 0. The summed E-state index contributed by atoms with van der Waals surface area (Å²) in [5.41, 5.74) is 2.75. The van der Waals surface area contributed by atoms with E-state index in [9.17, 15) is 4.79 Å². The quantitative estimate of drug-likeness (QED) is 0.813. The van der Waals surface area contributed by atoms with Crippen LogP contribution in [0.25, 0.3) is 0 Å². The van der Waals surface area contributed by atoms with Crippen LogP contribution >= 0.6 is 11.6 Å². The number of amides is 2. The van der Waals surface area contributed by atoms with Gasteiger partial charge in [0.1, 0.15) is 12.4 Å². The summed E-state index contributed by atoms with van der Waals surface area (Å²) in [5, 5.41) is 5.93. The van der Waals surface area contributed by atoms with Crippen molar-refractivity contribution in [2.45, 2.75) is 13.8 Å². The van der Waals surface area contributed by atoms with E-state index >= 15 is 0 Å². The van der Waals surface area contributed by atoms with Crippen LogP contribution in [0.4, 0.5) is 10.5 Å². The topological polar surface area (TPSA) is 50.4 Å². The van der Waals surface area contributed by atoms with Crippen LogP contribution in [0.5, 0.6) is 5.75 Å². The van der Waals surface area contributed by atoms with E-state index in [0.29, 0.717) is 23.9 Å². The fourth-order valence-electron chi connectivity index (χ4n) is 2.07. The van der Waals surface area contributed by atoms with Gasteiger partial charge in [0.2, 0.25) is 0 Å². The van der Waals surface area contributed by atoms with Crippen LogP contribution in [-0.4, -0.2) is 19.2 Å². The third-order valence-electron chi connectivity index (χ3n) is 3.16. The van der Waals surface area contributed by atoms with Gasteiger partial charge in [0, 0.05) is 0 Å². The summed E-state index contributed by atoms with van der Waals surface area (Å²) < 4.78 is 5.72. The zero-order valence-electron chi connectivity index (χ0n) is 12.7. The fraction of sp³-hybridized carbons (Fsp3) is 0.235. The average Bonchev–Trinajstić information content (AvgIpc) is 2.48. The molecule has 2 aromatic rings. The monoisotopic (exact) mass is 318 g/mol. The Balaban J connectivity index is 1.77. The first kappa shape index (κ1) is 16.2. The number of ether oxygens (including phenoxy) is 1. The van der Waals surface area contributed by atoms with E-state index in [1.165, 1.54) is 0 Å². The van der Waals surface area contributed by atoms with Crippen LogP contribution in [0, 0.1) is 13.8 Å². The number of aryl methyl sites for hydroxylation is 2. The van der Waals surface area contributed by atoms with Gasteiger partial charge in [-0.3, -0.25) is 0 Å². The number of rotatable bonds is 5. The highest BCUT2D eigenvalue weighted by Crippen LogP contribution is 2.22. The van der Waals surface area contributed by atoms with Crippen LogP contribution < -0.4 is 15.4 Å². The Morgan fingerprint density at radius 3 is 2.45 bits per heavy atom. The molecule has 0 unspecified atom stereocenters. The summed E-state index contributed by atoms with van der Waals surface area (Å²) in [5.74, 6) is 0.871. The second-order valence-electron chi connectivity index (χ2n) is 4.93. The zero-order chi connectivity index (χ0) is 15.9. The molecule has 2 aromatic carbocycles. The Morgan fingerprint density at radius 1 is 1.09 bits per heavy atom. The predicted molar refractivity (Wildman–Crippen MR) is 89.9 cm³/mol. The van der Waals surface area contributed by atoms with Crippen molar-refractivity contribution >= 4 is 23.3 Å². The van der Waals surface area contributed by atoms with Crippen molar-refractivity contribution in [3.8, 4) is 5.75 Å². The van der Waals surface area contributed by atoms with Gasteiger partial charge in [-0.05, 0) is 37.1 Å². The molecular formula is C17H19ClN2O2. The SMILES string of the molecule is Cc1cccc(C)c1OCCNC(=O)Nc1ccccc1Cl. The number of hydrogen-bond donors (Lipinski definition) is 2. The van der Waals surface area contributed by atoms with Crippen LogP contribution in [0.15, 0.2) is 42.5 Å². The van der Waals surface area contributed by atoms with Gasteiger partial charge in [0.05, 0.1) is 17.3 Å². The molecule has 0 saturated carbocycles. The lowest BCUT2D eigenvalue weighted by atomic mass is 10.1. The molecule has 2 amide bonds. The summed E-state index contributed by atoms with van der Waals surface area (Å²) in [6.45, 7) is 4.81. The van der Waals surface area contributed by atoms with Gasteiger partial charge in [-0.2, -0.15) is 0 Å². The number of para-hydroxylation sites is 2. The molecule has 0 radical (unpaired) electrons. The first-order chi connectivity index (χ1) is 10.6. The second-order valence-corrected chi connectivity index (χ2v) is 5.34. The predicted octanol–water partition coefficient (Wildman–Crippen LogP) is 4.16. The summed E-state index contributed by atoms with van der Waals surface area (Å²) >= 11 is 5.98. The second kappa shape index (κ2) is 7.71. The van der Waals surface area contributed by atoms with Gasteiger partial charge in [0.25, 0.3) is 0 Å². The van der Waals surface area contributed by atoms with Crippen LogP contribution in [-0.2, 0) is 0 Å². The Bertz CT molecular complexity index is 639. The van der Waals surface area contributed by atoms with Gasteiger partial charge >= 0.3 is 6.03 Å². The van der Waals surface area contributed by atoms with E-state index in [-0.39, 0.29) is 6.03 Å². The van der Waals surface area contributed by atoms with Crippen LogP contribution in [0.3, 0.4) is 0 Å². The van der Waals surface area contributed by atoms with E-state index in [1.807, 2.05) is 44.2 Å². The molecule has 0 aliphatic carbocycles. The molecule has 0 atom stereocenters. The minimum absolute atomic E-state index is 0.307. The number of benzene rings is 2. The van der Waals surface area contributed by atoms with Crippen LogP contribution in [0.2, 0.25) is 5.02 Å². The van der Waals surface area contributed by atoms with Gasteiger partial charge < -0.3 is 15.4 Å². The van der Waals surface area contributed by atoms with Crippen molar-refractivity contribution in [2.75, 3.05) is 18.5 Å². The van der Waals surface area contributed by atoms with Crippen molar-refractivity contribution in [2.24, 2.45) is 0 Å². The van der Waals surface area contributed by atoms with E-state index < -0.39 is 0 Å². The highest BCUT2D eigenvalue weighted by atomic mass is 35.5. The molecule has 0 saturated heterocycles. The maximum atomic E-state index is 11.8. The van der Waals surface area contributed by atoms with Crippen molar-refractivity contribution in [1.29, 1.82) is 0 Å². The van der Waals surface area contributed by atoms with Crippen LogP contribution in [0.1, 0.15) is 11.1 Å². The summed E-state index contributed by atoms with van der Waals surface area (Å²) in [4.78, 5) is 11.8. The molecule has 0 aliphatic rings. The number of carbonyl (C=O) groups excluding carboxylic acids is 1. The Morgan fingerprint density at radius 2 is 1.77 bits per heavy atom. The molecule has 2 N–H and O–H groups in total. The first-order valence-corrected chi connectivity index (χ1v) is 7.44. The van der Waals surface area contributed by atoms with E-state index in [2.05, 4.69) is 10.6 Å². The van der Waals surface area contributed by atoms with E-state index in [0.717, 1.165) is 16.9 Å². The lowest BCUT2D eigenvalue weighted by Gasteiger charge is -2.13. The molecule has 4 nitrogen and oxygen atoms in total. The van der Waals surface area contributed by atoms with Crippen molar-refractivity contribution in [3.63, 3.8) is 0 Å². The molecule has 5 heteroatoms. The van der Waals surface area contributed by atoms with E-state index in [1.54, 1.807) is 12.1 Å². The minimum atomic E-state index is -0.307. The maximum absolute atomic E-state index is 11.8. The third-order valence-corrected chi connectivity index (χ3v) is 3.49. The lowest BCUT2D eigenvalue weighted by Crippen LogP contribution is -2.32. The first-order valence-electron chi connectivity index (χ1n) is 7.06.